The number of halogens is 3. The fraction of sp³-hybridized carbons (Fsp3) is 0.0833. The van der Waals surface area contributed by atoms with Crippen LogP contribution in [0, 0.1) is 0 Å². The monoisotopic (exact) mass is 378 g/mol. The second-order valence-electron chi connectivity index (χ2n) is 3.63. The molecule has 19 heavy (non-hydrogen) atoms. The molecule has 3 nitrogen and oxygen atoms in total. The van der Waals surface area contributed by atoms with Crippen molar-refractivity contribution < 1.29 is 4.79 Å². The minimum absolute atomic E-state index is 0.293. The molecule has 0 spiro atoms. The van der Waals surface area contributed by atoms with Crippen LogP contribution in [0.2, 0.25) is 10.0 Å². The van der Waals surface area contributed by atoms with Gasteiger partial charge in [0.15, 0.2) is 0 Å². The number of urea groups is 1. The Bertz CT molecular complexity index is 603. The van der Waals surface area contributed by atoms with Gasteiger partial charge in [-0.3, -0.25) is 0 Å². The largest absolute Gasteiger partial charge is 0.333 e. The van der Waals surface area contributed by atoms with Crippen molar-refractivity contribution in [3.8, 4) is 0 Å². The number of anilines is 1. The van der Waals surface area contributed by atoms with E-state index in [1.54, 1.807) is 29.5 Å². The van der Waals surface area contributed by atoms with Crippen molar-refractivity contribution in [2.24, 2.45) is 0 Å². The van der Waals surface area contributed by atoms with Crippen LogP contribution in [0.25, 0.3) is 0 Å². The lowest BCUT2D eigenvalue weighted by Crippen LogP contribution is -2.27. The maximum atomic E-state index is 11.7. The molecule has 0 radical (unpaired) electrons. The summed E-state index contributed by atoms with van der Waals surface area (Å²) in [5.74, 6) is 0. The van der Waals surface area contributed by atoms with Crippen LogP contribution in [0.3, 0.4) is 0 Å². The Kier molecular flexibility index (Phi) is 5.10. The lowest BCUT2D eigenvalue weighted by Gasteiger charge is -2.08. The Balaban J connectivity index is 1.91. The second kappa shape index (κ2) is 6.61. The Morgan fingerprint density at radius 3 is 2.68 bits per heavy atom. The Hall–Kier alpha value is -0.750. The zero-order valence-electron chi connectivity index (χ0n) is 9.54. The van der Waals surface area contributed by atoms with Gasteiger partial charge in [0.1, 0.15) is 0 Å². The van der Waals surface area contributed by atoms with Gasteiger partial charge in [-0.25, -0.2) is 4.79 Å². The van der Waals surface area contributed by atoms with Crippen LogP contribution in [0.1, 0.15) is 4.88 Å². The molecular formula is C12H9BrCl2N2OS. The van der Waals surface area contributed by atoms with Crippen molar-refractivity contribution in [3.63, 3.8) is 0 Å². The highest BCUT2D eigenvalue weighted by Crippen LogP contribution is 2.25. The molecule has 0 saturated carbocycles. The molecule has 0 aliphatic heterocycles. The summed E-state index contributed by atoms with van der Waals surface area (Å²) in [4.78, 5) is 12.8. The van der Waals surface area contributed by atoms with Gasteiger partial charge in [0.05, 0.1) is 16.6 Å². The van der Waals surface area contributed by atoms with E-state index in [-0.39, 0.29) is 6.03 Å². The molecule has 0 bridgehead atoms. The first-order valence-electron chi connectivity index (χ1n) is 5.28. The van der Waals surface area contributed by atoms with Gasteiger partial charge in [0, 0.05) is 15.0 Å². The maximum Gasteiger partial charge on any atom is 0.319 e. The smallest absolute Gasteiger partial charge is 0.319 e. The topological polar surface area (TPSA) is 41.1 Å². The molecule has 100 valence electrons. The molecule has 0 unspecified atom stereocenters. The quantitative estimate of drug-likeness (QED) is 0.761. The first-order chi connectivity index (χ1) is 9.06. The number of rotatable bonds is 3. The molecule has 2 N–H and O–H groups in total. The highest BCUT2D eigenvalue weighted by atomic mass is 79.9. The number of hydrogen-bond acceptors (Lipinski definition) is 2. The molecule has 0 atom stereocenters. The van der Waals surface area contributed by atoms with Crippen molar-refractivity contribution in [3.05, 3.63) is 49.0 Å². The van der Waals surface area contributed by atoms with E-state index in [4.69, 9.17) is 23.2 Å². The lowest BCUT2D eigenvalue weighted by atomic mass is 10.3. The van der Waals surface area contributed by atoms with E-state index >= 15 is 0 Å². The van der Waals surface area contributed by atoms with Gasteiger partial charge in [-0.1, -0.05) is 23.2 Å². The molecule has 1 aromatic heterocycles. The molecule has 2 rings (SSSR count). The summed E-state index contributed by atoms with van der Waals surface area (Å²) in [5, 5.41) is 8.26. The van der Waals surface area contributed by atoms with E-state index in [9.17, 15) is 4.79 Å². The SMILES string of the molecule is O=C(NCc1sccc1Br)Nc1ccc(Cl)c(Cl)c1. The van der Waals surface area contributed by atoms with Crippen LogP contribution in [0.4, 0.5) is 10.5 Å². The zero-order valence-corrected chi connectivity index (χ0v) is 13.5. The van der Waals surface area contributed by atoms with Crippen molar-refractivity contribution in [2.75, 3.05) is 5.32 Å². The number of nitrogens with one attached hydrogen (secondary N) is 2. The molecule has 2 aromatic rings. The van der Waals surface area contributed by atoms with Gasteiger partial charge in [-0.15, -0.1) is 11.3 Å². The second-order valence-corrected chi connectivity index (χ2v) is 6.30. The van der Waals surface area contributed by atoms with Crippen molar-refractivity contribution >= 4 is 62.2 Å². The molecule has 0 saturated heterocycles. The summed E-state index contributed by atoms with van der Waals surface area (Å²) in [5.41, 5.74) is 0.595. The first-order valence-corrected chi connectivity index (χ1v) is 7.71. The number of hydrogen-bond donors (Lipinski definition) is 2. The van der Waals surface area contributed by atoms with Gasteiger partial charge in [0.2, 0.25) is 0 Å². The molecule has 2 amide bonds. The maximum absolute atomic E-state index is 11.7. The third-order valence-electron chi connectivity index (χ3n) is 2.28. The van der Waals surface area contributed by atoms with Crippen LogP contribution in [-0.4, -0.2) is 6.03 Å². The van der Waals surface area contributed by atoms with Gasteiger partial charge in [-0.2, -0.15) is 0 Å². The minimum Gasteiger partial charge on any atom is -0.333 e. The summed E-state index contributed by atoms with van der Waals surface area (Å²) in [6.07, 6.45) is 0. The third-order valence-corrected chi connectivity index (χ3v) is 4.94. The predicted molar refractivity (Wildman–Crippen MR) is 84.3 cm³/mol. The molecule has 0 aliphatic rings. The number of benzene rings is 1. The number of amides is 2. The van der Waals surface area contributed by atoms with Crippen molar-refractivity contribution in [1.82, 2.24) is 5.32 Å². The average molecular weight is 380 g/mol. The van der Waals surface area contributed by atoms with Crippen molar-refractivity contribution in [2.45, 2.75) is 6.54 Å². The van der Waals surface area contributed by atoms with Crippen LogP contribution in [-0.2, 0) is 6.54 Å². The molecule has 7 heteroatoms. The first kappa shape index (κ1) is 14.7. The van der Waals surface area contributed by atoms with Gasteiger partial charge >= 0.3 is 6.03 Å². The molecular weight excluding hydrogens is 371 g/mol. The number of thiophene rings is 1. The van der Waals surface area contributed by atoms with Gasteiger partial charge in [0.25, 0.3) is 0 Å². The third kappa shape index (κ3) is 4.11. The van der Waals surface area contributed by atoms with Crippen LogP contribution < -0.4 is 10.6 Å². The fourth-order valence-corrected chi connectivity index (χ4v) is 3.09. The minimum atomic E-state index is -0.293. The van der Waals surface area contributed by atoms with Crippen molar-refractivity contribution in [1.29, 1.82) is 0 Å². The molecule has 1 heterocycles. The summed E-state index contributed by atoms with van der Waals surface area (Å²) in [7, 11) is 0. The Morgan fingerprint density at radius 1 is 1.26 bits per heavy atom. The Labute approximate surface area is 133 Å². The highest BCUT2D eigenvalue weighted by Gasteiger charge is 2.06. The summed E-state index contributed by atoms with van der Waals surface area (Å²) in [6.45, 7) is 0.464. The van der Waals surface area contributed by atoms with Gasteiger partial charge < -0.3 is 10.6 Å². The molecule has 0 fully saturated rings. The normalized spacial score (nSPS) is 10.3. The summed E-state index contributed by atoms with van der Waals surface area (Å²) < 4.78 is 0.993. The lowest BCUT2D eigenvalue weighted by molar-refractivity contribution is 0.252. The number of carbonyl (C=O) groups is 1. The van der Waals surface area contributed by atoms with Crippen LogP contribution in [0.15, 0.2) is 34.1 Å². The van der Waals surface area contributed by atoms with E-state index in [0.717, 1.165) is 9.35 Å². The summed E-state index contributed by atoms with van der Waals surface area (Å²) in [6, 6.07) is 6.58. The fourth-order valence-electron chi connectivity index (χ4n) is 1.36. The molecule has 0 aliphatic carbocycles. The predicted octanol–water partition coefficient (Wildman–Crippen LogP) is 5.14. The van der Waals surface area contributed by atoms with E-state index in [1.165, 1.54) is 0 Å². The standard InChI is InChI=1S/C12H9BrCl2N2OS/c13-8-3-4-19-11(8)6-16-12(18)17-7-1-2-9(14)10(15)5-7/h1-5H,6H2,(H2,16,17,18). The van der Waals surface area contributed by atoms with E-state index in [2.05, 4.69) is 26.6 Å². The molecule has 1 aromatic carbocycles. The van der Waals surface area contributed by atoms with E-state index < -0.39 is 0 Å². The summed E-state index contributed by atoms with van der Waals surface area (Å²) >= 11 is 16.6. The Morgan fingerprint density at radius 2 is 2.05 bits per heavy atom. The van der Waals surface area contributed by atoms with E-state index in [0.29, 0.717) is 22.3 Å². The van der Waals surface area contributed by atoms with Gasteiger partial charge in [-0.05, 0) is 45.6 Å². The zero-order chi connectivity index (χ0) is 13.8. The average Bonchev–Trinajstić information content (AvgIpc) is 2.77. The van der Waals surface area contributed by atoms with Crippen LogP contribution in [0.5, 0.6) is 0 Å². The van der Waals surface area contributed by atoms with E-state index in [1.807, 2.05) is 11.4 Å². The number of carbonyl (C=O) groups excluding carboxylic acids is 1. The van der Waals surface area contributed by atoms with Crippen LogP contribution >= 0.6 is 50.5 Å². The highest BCUT2D eigenvalue weighted by molar-refractivity contribution is 9.10.